The lowest BCUT2D eigenvalue weighted by Gasteiger charge is -2.25. The van der Waals surface area contributed by atoms with Gasteiger partial charge >= 0.3 is 0 Å². The van der Waals surface area contributed by atoms with Crippen LogP contribution in [0.25, 0.3) is 10.9 Å². The third kappa shape index (κ3) is 5.50. The second kappa shape index (κ2) is 10.7. The van der Waals surface area contributed by atoms with E-state index in [2.05, 4.69) is 76.0 Å². The van der Waals surface area contributed by atoms with Gasteiger partial charge in [-0.1, -0.05) is 36.4 Å². The minimum absolute atomic E-state index is 0.810. The van der Waals surface area contributed by atoms with Gasteiger partial charge in [0.2, 0.25) is 0 Å². The van der Waals surface area contributed by atoms with Gasteiger partial charge in [-0.25, -0.2) is 0 Å². The van der Waals surface area contributed by atoms with Crippen LogP contribution in [-0.4, -0.2) is 35.2 Å². The summed E-state index contributed by atoms with van der Waals surface area (Å²) in [5, 5.41) is 7.63. The Morgan fingerprint density at radius 3 is 2.69 bits per heavy atom. The van der Waals surface area contributed by atoms with Gasteiger partial charge in [-0.15, -0.1) is 11.3 Å². The summed E-state index contributed by atoms with van der Waals surface area (Å²) in [6.07, 6.45) is 1.86. The highest BCUT2D eigenvalue weighted by atomic mass is 32.1. The molecule has 6 heteroatoms. The van der Waals surface area contributed by atoms with Gasteiger partial charge in [0.1, 0.15) is 5.75 Å². The van der Waals surface area contributed by atoms with Gasteiger partial charge in [-0.05, 0) is 72.8 Å². The van der Waals surface area contributed by atoms with Crippen molar-refractivity contribution in [2.45, 2.75) is 26.3 Å². The average Bonchev–Trinajstić information content (AvgIpc) is 3.43. The number of thiocarbonyl (C=S) groups is 1. The molecular formula is C26H29N3OS2. The van der Waals surface area contributed by atoms with Crippen LogP contribution in [0.2, 0.25) is 0 Å². The van der Waals surface area contributed by atoms with Crippen LogP contribution in [0, 0.1) is 6.92 Å². The fraction of sp³-hybridized carbons (Fsp3) is 0.269. The lowest BCUT2D eigenvalue weighted by molar-refractivity contribution is 0.412. The molecule has 0 unspecified atom stereocenters. The molecule has 0 amide bonds. The van der Waals surface area contributed by atoms with E-state index in [4.69, 9.17) is 17.0 Å². The van der Waals surface area contributed by atoms with E-state index in [1.165, 1.54) is 27.1 Å². The van der Waals surface area contributed by atoms with E-state index in [0.717, 1.165) is 48.9 Å². The number of hydrogen-bond donors (Lipinski definition) is 2. The first-order chi connectivity index (χ1) is 15.6. The van der Waals surface area contributed by atoms with E-state index >= 15 is 0 Å². The maximum absolute atomic E-state index is 5.82. The second-order valence-corrected chi connectivity index (χ2v) is 9.28. The molecule has 0 radical (unpaired) electrons. The molecule has 0 spiro atoms. The fourth-order valence-corrected chi connectivity index (χ4v) is 4.95. The molecule has 0 fully saturated rings. The summed E-state index contributed by atoms with van der Waals surface area (Å²) in [5.41, 5.74) is 4.98. The topological polar surface area (TPSA) is 40.3 Å². The Balaban J connectivity index is 1.45. The predicted molar refractivity (Wildman–Crippen MR) is 139 cm³/mol. The van der Waals surface area contributed by atoms with Gasteiger partial charge in [0.05, 0.1) is 13.7 Å². The standard InChI is InChI=1S/C26H29N3OS2/c1-19-23(24-17-21(30-2)10-11-25(24)28-19)13-15-29(18-22-9-6-16-32-22)26(31)27-14-12-20-7-4-3-5-8-20/h3-11,16-17,28H,12-15,18H2,1-2H3,(H,27,31). The zero-order chi connectivity index (χ0) is 22.3. The van der Waals surface area contributed by atoms with Crippen molar-refractivity contribution in [3.8, 4) is 5.75 Å². The number of rotatable bonds is 9. The molecule has 2 heterocycles. The van der Waals surface area contributed by atoms with Crippen LogP contribution in [0.5, 0.6) is 5.75 Å². The molecule has 0 bridgehead atoms. The number of aromatic amines is 1. The molecule has 2 aromatic heterocycles. The number of aromatic nitrogens is 1. The molecule has 4 rings (SSSR count). The van der Waals surface area contributed by atoms with Gasteiger partial charge in [0.25, 0.3) is 0 Å². The zero-order valence-corrected chi connectivity index (χ0v) is 20.2. The van der Waals surface area contributed by atoms with Crippen LogP contribution in [-0.2, 0) is 19.4 Å². The molecule has 0 saturated heterocycles. The van der Waals surface area contributed by atoms with Crippen molar-refractivity contribution >= 4 is 39.6 Å². The number of fused-ring (bicyclic) bond motifs is 1. The van der Waals surface area contributed by atoms with E-state index in [1.807, 2.05) is 12.1 Å². The Hall–Kier alpha value is -2.83. The van der Waals surface area contributed by atoms with E-state index in [9.17, 15) is 0 Å². The molecule has 0 saturated carbocycles. The molecule has 4 nitrogen and oxygen atoms in total. The monoisotopic (exact) mass is 463 g/mol. The fourth-order valence-electron chi connectivity index (χ4n) is 3.97. The molecule has 0 aliphatic rings. The Morgan fingerprint density at radius 1 is 1.09 bits per heavy atom. The normalized spacial score (nSPS) is 10.9. The SMILES string of the molecule is COc1ccc2[nH]c(C)c(CCN(Cc3cccs3)C(=S)NCCc3ccccc3)c2c1. The lowest BCUT2D eigenvalue weighted by Crippen LogP contribution is -2.41. The summed E-state index contributed by atoms with van der Waals surface area (Å²) in [7, 11) is 1.71. The summed E-state index contributed by atoms with van der Waals surface area (Å²) in [6.45, 7) is 4.63. The van der Waals surface area contributed by atoms with Crippen molar-refractivity contribution in [1.82, 2.24) is 15.2 Å². The predicted octanol–water partition coefficient (Wildman–Crippen LogP) is 5.71. The van der Waals surface area contributed by atoms with E-state index in [0.29, 0.717) is 0 Å². The van der Waals surface area contributed by atoms with Crippen molar-refractivity contribution in [3.63, 3.8) is 0 Å². The maximum atomic E-state index is 5.82. The number of ether oxygens (including phenoxy) is 1. The highest BCUT2D eigenvalue weighted by Gasteiger charge is 2.15. The van der Waals surface area contributed by atoms with Crippen LogP contribution < -0.4 is 10.1 Å². The van der Waals surface area contributed by atoms with Crippen molar-refractivity contribution in [3.05, 3.63) is 87.7 Å². The first-order valence-corrected chi connectivity index (χ1v) is 12.2. The third-order valence-electron chi connectivity index (χ3n) is 5.71. The molecular weight excluding hydrogens is 434 g/mol. The largest absolute Gasteiger partial charge is 0.497 e. The number of hydrogen-bond acceptors (Lipinski definition) is 3. The van der Waals surface area contributed by atoms with Crippen molar-refractivity contribution in [1.29, 1.82) is 0 Å². The van der Waals surface area contributed by atoms with Crippen LogP contribution >= 0.6 is 23.6 Å². The minimum Gasteiger partial charge on any atom is -0.497 e. The number of thiophene rings is 1. The molecule has 0 aliphatic heterocycles. The number of aryl methyl sites for hydroxylation is 1. The van der Waals surface area contributed by atoms with Crippen LogP contribution in [0.3, 0.4) is 0 Å². The van der Waals surface area contributed by atoms with Gasteiger partial charge in [0, 0.05) is 34.6 Å². The highest BCUT2D eigenvalue weighted by Crippen LogP contribution is 2.27. The Bertz CT molecular complexity index is 1150. The summed E-state index contributed by atoms with van der Waals surface area (Å²) >= 11 is 7.59. The molecule has 2 N–H and O–H groups in total. The van der Waals surface area contributed by atoms with Crippen molar-refractivity contribution in [2.24, 2.45) is 0 Å². The van der Waals surface area contributed by atoms with E-state index in [1.54, 1.807) is 18.4 Å². The smallest absolute Gasteiger partial charge is 0.169 e. The van der Waals surface area contributed by atoms with Gasteiger partial charge in [-0.2, -0.15) is 0 Å². The number of nitrogens with one attached hydrogen (secondary N) is 2. The minimum atomic E-state index is 0.810. The highest BCUT2D eigenvalue weighted by molar-refractivity contribution is 7.80. The van der Waals surface area contributed by atoms with Gasteiger partial charge in [-0.3, -0.25) is 0 Å². The molecule has 4 aromatic rings. The number of benzene rings is 2. The molecule has 0 aliphatic carbocycles. The molecule has 2 aromatic carbocycles. The number of H-pyrrole nitrogens is 1. The zero-order valence-electron chi connectivity index (χ0n) is 18.6. The first kappa shape index (κ1) is 22.4. The lowest BCUT2D eigenvalue weighted by atomic mass is 10.1. The summed E-state index contributed by atoms with van der Waals surface area (Å²) < 4.78 is 5.45. The van der Waals surface area contributed by atoms with E-state index in [-0.39, 0.29) is 0 Å². The number of methoxy groups -OCH3 is 1. The maximum Gasteiger partial charge on any atom is 0.169 e. The van der Waals surface area contributed by atoms with Crippen molar-refractivity contribution in [2.75, 3.05) is 20.2 Å². The molecule has 0 atom stereocenters. The Labute approximate surface area is 199 Å². The number of nitrogens with zero attached hydrogens (tertiary/aromatic N) is 1. The quantitative estimate of drug-likeness (QED) is 0.312. The van der Waals surface area contributed by atoms with E-state index < -0.39 is 0 Å². The summed E-state index contributed by atoms with van der Waals surface area (Å²) in [5.74, 6) is 0.881. The van der Waals surface area contributed by atoms with Crippen LogP contribution in [0.1, 0.15) is 21.7 Å². The van der Waals surface area contributed by atoms with Gasteiger partial charge in [0.15, 0.2) is 5.11 Å². The van der Waals surface area contributed by atoms with Gasteiger partial charge < -0.3 is 19.9 Å². The van der Waals surface area contributed by atoms with Crippen molar-refractivity contribution < 1.29 is 4.74 Å². The summed E-state index contributed by atoms with van der Waals surface area (Å²) in [6, 6.07) is 21.0. The second-order valence-electron chi connectivity index (χ2n) is 7.86. The Kier molecular flexibility index (Phi) is 7.45. The summed E-state index contributed by atoms with van der Waals surface area (Å²) in [4.78, 5) is 7.11. The third-order valence-corrected chi connectivity index (χ3v) is 6.97. The van der Waals surface area contributed by atoms with Crippen LogP contribution in [0.4, 0.5) is 0 Å². The molecule has 32 heavy (non-hydrogen) atoms. The average molecular weight is 464 g/mol. The molecule has 166 valence electrons. The van der Waals surface area contributed by atoms with Crippen LogP contribution in [0.15, 0.2) is 66.0 Å². The first-order valence-electron chi connectivity index (χ1n) is 10.9. The Morgan fingerprint density at radius 2 is 1.94 bits per heavy atom.